The zero-order valence-corrected chi connectivity index (χ0v) is 27.5. The Morgan fingerprint density at radius 1 is 0.650 bits per heavy atom. The van der Waals surface area contributed by atoms with E-state index in [0.29, 0.717) is 26.2 Å². The molecule has 1 amide bonds. The molecule has 0 aliphatic rings. The Bertz CT molecular complexity index is 582. The number of rotatable bonds is 30. The molecule has 0 atom stereocenters. The van der Waals surface area contributed by atoms with Crippen LogP contribution in [0.15, 0.2) is 0 Å². The lowest BCUT2D eigenvalue weighted by atomic mass is 9.93. The number of hydrogen-bond acceptors (Lipinski definition) is 5. The SMILES string of the molecule is CCCCCCCCCOC(=O)CCCCCCCN(CCCCCCCC)CCCNC(=O)C(C)(C)COC. The second kappa shape index (κ2) is 28.0. The maximum atomic E-state index is 12.4. The summed E-state index contributed by atoms with van der Waals surface area (Å²) < 4.78 is 10.6. The molecule has 238 valence electrons. The normalized spacial score (nSPS) is 11.8. The van der Waals surface area contributed by atoms with Gasteiger partial charge in [0.15, 0.2) is 0 Å². The number of hydrogen-bond donors (Lipinski definition) is 1. The summed E-state index contributed by atoms with van der Waals surface area (Å²) in [4.78, 5) is 27.0. The predicted molar refractivity (Wildman–Crippen MR) is 170 cm³/mol. The summed E-state index contributed by atoms with van der Waals surface area (Å²) >= 11 is 0. The van der Waals surface area contributed by atoms with E-state index in [1.807, 2.05) is 13.8 Å². The molecule has 0 aliphatic heterocycles. The van der Waals surface area contributed by atoms with E-state index in [-0.39, 0.29) is 11.9 Å². The quantitative estimate of drug-likeness (QED) is 0.0695. The van der Waals surface area contributed by atoms with Gasteiger partial charge in [-0.15, -0.1) is 0 Å². The fraction of sp³-hybridized carbons (Fsp3) is 0.941. The molecule has 0 unspecified atom stereocenters. The lowest BCUT2D eigenvalue weighted by Crippen LogP contribution is -2.41. The van der Waals surface area contributed by atoms with Crippen LogP contribution in [-0.2, 0) is 19.1 Å². The van der Waals surface area contributed by atoms with Crippen molar-refractivity contribution in [3.63, 3.8) is 0 Å². The van der Waals surface area contributed by atoms with Gasteiger partial charge in [0.25, 0.3) is 0 Å². The van der Waals surface area contributed by atoms with E-state index in [1.165, 1.54) is 96.3 Å². The van der Waals surface area contributed by atoms with Crippen molar-refractivity contribution in [1.29, 1.82) is 0 Å². The molecule has 1 N–H and O–H groups in total. The molecule has 0 saturated heterocycles. The van der Waals surface area contributed by atoms with Crippen LogP contribution in [0.3, 0.4) is 0 Å². The molecule has 0 rings (SSSR count). The Balaban J connectivity index is 4.03. The third kappa shape index (κ3) is 24.6. The largest absolute Gasteiger partial charge is 0.466 e. The van der Waals surface area contributed by atoms with Crippen LogP contribution < -0.4 is 5.32 Å². The fourth-order valence-corrected chi connectivity index (χ4v) is 5.07. The molecule has 0 aliphatic carbocycles. The van der Waals surface area contributed by atoms with Gasteiger partial charge in [-0.25, -0.2) is 0 Å². The molecule has 0 heterocycles. The van der Waals surface area contributed by atoms with E-state index in [9.17, 15) is 9.59 Å². The zero-order chi connectivity index (χ0) is 29.7. The monoisotopic (exact) mass is 569 g/mol. The minimum Gasteiger partial charge on any atom is -0.466 e. The van der Waals surface area contributed by atoms with E-state index in [0.717, 1.165) is 45.3 Å². The predicted octanol–water partition coefficient (Wildman–Crippen LogP) is 8.46. The van der Waals surface area contributed by atoms with Crippen molar-refractivity contribution < 1.29 is 19.1 Å². The summed E-state index contributed by atoms with van der Waals surface area (Å²) in [6.45, 7) is 13.4. The molecule has 0 saturated carbocycles. The van der Waals surface area contributed by atoms with E-state index < -0.39 is 5.41 Å². The van der Waals surface area contributed by atoms with Crippen molar-refractivity contribution in [3.8, 4) is 0 Å². The van der Waals surface area contributed by atoms with Crippen LogP contribution in [0.2, 0.25) is 0 Å². The molecule has 0 aromatic rings. The van der Waals surface area contributed by atoms with E-state index >= 15 is 0 Å². The van der Waals surface area contributed by atoms with Gasteiger partial charge in [0.2, 0.25) is 5.91 Å². The van der Waals surface area contributed by atoms with Crippen LogP contribution in [0.25, 0.3) is 0 Å². The first-order valence-electron chi connectivity index (χ1n) is 17.0. The molecule has 40 heavy (non-hydrogen) atoms. The lowest BCUT2D eigenvalue weighted by Gasteiger charge is -2.24. The van der Waals surface area contributed by atoms with Crippen molar-refractivity contribution in [1.82, 2.24) is 10.2 Å². The van der Waals surface area contributed by atoms with Crippen molar-refractivity contribution in [2.45, 2.75) is 156 Å². The van der Waals surface area contributed by atoms with Crippen molar-refractivity contribution >= 4 is 11.9 Å². The summed E-state index contributed by atoms with van der Waals surface area (Å²) in [6.07, 6.45) is 23.8. The van der Waals surface area contributed by atoms with Gasteiger partial charge in [0, 0.05) is 20.1 Å². The minimum absolute atomic E-state index is 0.0196. The van der Waals surface area contributed by atoms with E-state index in [2.05, 4.69) is 24.1 Å². The first kappa shape index (κ1) is 38.9. The topological polar surface area (TPSA) is 67.9 Å². The molecule has 0 radical (unpaired) electrons. The van der Waals surface area contributed by atoms with Gasteiger partial charge >= 0.3 is 5.97 Å². The summed E-state index contributed by atoms with van der Waals surface area (Å²) in [6, 6.07) is 0. The number of carbonyl (C=O) groups excluding carboxylic acids is 2. The summed E-state index contributed by atoms with van der Waals surface area (Å²) in [5.41, 5.74) is -0.489. The molecule has 0 spiro atoms. The van der Waals surface area contributed by atoms with E-state index in [1.54, 1.807) is 7.11 Å². The van der Waals surface area contributed by atoms with Gasteiger partial charge in [0.05, 0.1) is 18.6 Å². The smallest absolute Gasteiger partial charge is 0.305 e. The van der Waals surface area contributed by atoms with Crippen LogP contribution in [0.4, 0.5) is 0 Å². The highest BCUT2D eigenvalue weighted by molar-refractivity contribution is 5.81. The van der Waals surface area contributed by atoms with Crippen LogP contribution in [0.1, 0.15) is 156 Å². The number of nitrogens with zero attached hydrogens (tertiary/aromatic N) is 1. The van der Waals surface area contributed by atoms with Crippen LogP contribution in [0, 0.1) is 5.41 Å². The Morgan fingerprint density at radius 3 is 1.68 bits per heavy atom. The molecule has 0 aromatic carbocycles. The summed E-state index contributed by atoms with van der Waals surface area (Å²) in [7, 11) is 1.64. The van der Waals surface area contributed by atoms with Crippen molar-refractivity contribution in [3.05, 3.63) is 0 Å². The molecular weight excluding hydrogens is 500 g/mol. The Kier molecular flexibility index (Phi) is 27.2. The number of carbonyl (C=O) groups is 2. The van der Waals surface area contributed by atoms with Crippen molar-refractivity contribution in [2.24, 2.45) is 5.41 Å². The Hall–Kier alpha value is -1.14. The first-order valence-corrected chi connectivity index (χ1v) is 17.0. The molecule has 0 bridgehead atoms. The lowest BCUT2D eigenvalue weighted by molar-refractivity contribution is -0.144. The third-order valence-electron chi connectivity index (χ3n) is 7.75. The number of nitrogens with one attached hydrogen (secondary N) is 1. The summed E-state index contributed by atoms with van der Waals surface area (Å²) in [5.74, 6) is 0.0484. The van der Waals surface area contributed by atoms with E-state index in [4.69, 9.17) is 9.47 Å². The number of esters is 1. The van der Waals surface area contributed by atoms with Gasteiger partial charge < -0.3 is 19.7 Å². The second-order valence-electron chi connectivity index (χ2n) is 12.4. The van der Waals surface area contributed by atoms with Crippen LogP contribution in [0.5, 0.6) is 0 Å². The van der Waals surface area contributed by atoms with Crippen molar-refractivity contribution in [2.75, 3.05) is 46.5 Å². The average molecular weight is 569 g/mol. The molecule has 6 heteroatoms. The average Bonchev–Trinajstić information content (AvgIpc) is 2.93. The first-order chi connectivity index (χ1) is 19.4. The number of unbranched alkanes of at least 4 members (excludes halogenated alkanes) is 15. The number of methoxy groups -OCH3 is 1. The Labute approximate surface area is 249 Å². The van der Waals surface area contributed by atoms with Gasteiger partial charge in [-0.2, -0.15) is 0 Å². The van der Waals surface area contributed by atoms with Gasteiger partial charge in [-0.3, -0.25) is 9.59 Å². The Morgan fingerprint density at radius 2 is 1.12 bits per heavy atom. The molecule has 0 aromatic heterocycles. The highest BCUT2D eigenvalue weighted by Gasteiger charge is 2.27. The maximum Gasteiger partial charge on any atom is 0.305 e. The standard InChI is InChI=1S/C34H68N2O4/c1-6-8-10-12-14-19-23-30-40-32(37)25-20-16-15-18-22-28-36(27-21-17-13-11-9-7-2)29-24-26-35-33(38)34(3,4)31-39-5/h6-31H2,1-5H3,(H,35,38). The fourth-order valence-electron chi connectivity index (χ4n) is 5.07. The molecule has 6 nitrogen and oxygen atoms in total. The highest BCUT2D eigenvalue weighted by atomic mass is 16.5. The number of ether oxygens (including phenoxy) is 2. The van der Waals surface area contributed by atoms with Gasteiger partial charge in [-0.05, 0) is 65.6 Å². The maximum absolute atomic E-state index is 12.4. The minimum atomic E-state index is -0.489. The second-order valence-corrected chi connectivity index (χ2v) is 12.4. The summed E-state index contributed by atoms with van der Waals surface area (Å²) in [5, 5.41) is 3.10. The van der Waals surface area contributed by atoms with Crippen LogP contribution in [-0.4, -0.2) is 63.3 Å². The highest BCUT2D eigenvalue weighted by Crippen LogP contribution is 2.15. The number of amides is 1. The third-order valence-corrected chi connectivity index (χ3v) is 7.75. The zero-order valence-electron chi connectivity index (χ0n) is 27.5. The molecular formula is C34H68N2O4. The molecule has 0 fully saturated rings. The van der Waals surface area contributed by atoms with Crippen LogP contribution >= 0.6 is 0 Å². The van der Waals surface area contributed by atoms with Gasteiger partial charge in [0.1, 0.15) is 0 Å². The van der Waals surface area contributed by atoms with Gasteiger partial charge in [-0.1, -0.05) is 104 Å².